The average molecular weight is 357 g/mol. The molecule has 2 unspecified atom stereocenters. The van der Waals surface area contributed by atoms with Crippen LogP contribution in [0.2, 0.25) is 0 Å². The number of likely N-dealkylation sites (tertiary alicyclic amines) is 1. The fourth-order valence-electron chi connectivity index (χ4n) is 2.50. The predicted molar refractivity (Wildman–Crippen MR) is 79.7 cm³/mol. The Balaban J connectivity index is 2.06. The third-order valence-corrected chi connectivity index (χ3v) is 4.19. The number of methoxy groups -OCH3 is 1. The largest absolute Gasteiger partial charge is 0.469 e. The Bertz CT molecular complexity index is 613. The minimum Gasteiger partial charge on any atom is -0.469 e. The van der Waals surface area contributed by atoms with Gasteiger partial charge in [-0.2, -0.15) is 0 Å². The molecule has 0 aromatic carbocycles. The molecule has 2 rings (SSSR count). The van der Waals surface area contributed by atoms with Crippen molar-refractivity contribution in [3.05, 3.63) is 33.2 Å². The van der Waals surface area contributed by atoms with Crippen LogP contribution in [0, 0.1) is 11.8 Å². The maximum Gasteiger partial charge on any atom is 0.310 e. The Morgan fingerprint density at radius 3 is 2.76 bits per heavy atom. The lowest BCUT2D eigenvalue weighted by Gasteiger charge is -2.16. The van der Waals surface area contributed by atoms with E-state index >= 15 is 0 Å². The normalized spacial score (nSPS) is 21.4. The van der Waals surface area contributed by atoms with Crippen molar-refractivity contribution in [1.29, 1.82) is 0 Å². The van der Waals surface area contributed by atoms with E-state index in [1.807, 2.05) is 6.92 Å². The number of carbonyl (C=O) groups excluding carboxylic acids is 2. The molecule has 0 N–H and O–H groups in total. The highest BCUT2D eigenvalue weighted by Gasteiger charge is 2.37. The Labute approximate surface area is 130 Å². The van der Waals surface area contributed by atoms with E-state index in [2.05, 4.69) is 15.9 Å². The molecular weight excluding hydrogens is 340 g/mol. The van der Waals surface area contributed by atoms with E-state index in [1.165, 1.54) is 17.7 Å². The van der Waals surface area contributed by atoms with Gasteiger partial charge >= 0.3 is 5.97 Å². The van der Waals surface area contributed by atoms with Crippen molar-refractivity contribution in [3.8, 4) is 0 Å². The van der Waals surface area contributed by atoms with E-state index in [9.17, 15) is 14.4 Å². The highest BCUT2D eigenvalue weighted by molar-refractivity contribution is 9.10. The summed E-state index contributed by atoms with van der Waals surface area (Å²) in [6.07, 6.45) is 1.58. The summed E-state index contributed by atoms with van der Waals surface area (Å²) in [5.74, 6) is -0.704. The zero-order valence-corrected chi connectivity index (χ0v) is 13.5. The molecule has 1 aliphatic heterocycles. The van der Waals surface area contributed by atoms with Crippen LogP contribution in [0.15, 0.2) is 27.6 Å². The van der Waals surface area contributed by atoms with Gasteiger partial charge in [-0.05, 0) is 27.9 Å². The molecule has 21 heavy (non-hydrogen) atoms. The summed E-state index contributed by atoms with van der Waals surface area (Å²) in [5, 5.41) is 0. The Morgan fingerprint density at radius 2 is 2.10 bits per heavy atom. The number of ether oxygens (including phenoxy) is 1. The van der Waals surface area contributed by atoms with Crippen molar-refractivity contribution in [2.45, 2.75) is 13.5 Å². The van der Waals surface area contributed by atoms with Gasteiger partial charge in [-0.25, -0.2) is 0 Å². The first-order chi connectivity index (χ1) is 9.92. The summed E-state index contributed by atoms with van der Waals surface area (Å²) in [4.78, 5) is 37.2. The molecule has 0 radical (unpaired) electrons. The summed E-state index contributed by atoms with van der Waals surface area (Å²) in [6.45, 7) is 2.73. The van der Waals surface area contributed by atoms with Crippen LogP contribution in [0.4, 0.5) is 0 Å². The van der Waals surface area contributed by atoms with E-state index < -0.39 is 0 Å². The molecule has 0 aliphatic carbocycles. The number of carbonyl (C=O) groups is 2. The summed E-state index contributed by atoms with van der Waals surface area (Å²) in [5.41, 5.74) is -0.233. The fourth-order valence-corrected chi connectivity index (χ4v) is 2.88. The number of hydrogen-bond donors (Lipinski definition) is 0. The monoisotopic (exact) mass is 356 g/mol. The number of nitrogens with zero attached hydrogens (tertiary/aromatic N) is 2. The first-order valence-corrected chi connectivity index (χ1v) is 7.43. The number of rotatable bonds is 3. The lowest BCUT2D eigenvalue weighted by Crippen LogP contribution is -2.35. The molecule has 0 spiro atoms. The number of esters is 1. The zero-order chi connectivity index (χ0) is 15.6. The molecule has 1 aromatic heterocycles. The molecule has 2 atom stereocenters. The molecule has 1 aromatic rings. The molecule has 6 nitrogen and oxygen atoms in total. The maximum absolute atomic E-state index is 12.3. The van der Waals surface area contributed by atoms with E-state index in [4.69, 9.17) is 4.74 Å². The van der Waals surface area contributed by atoms with Crippen molar-refractivity contribution in [3.63, 3.8) is 0 Å². The van der Waals surface area contributed by atoms with Gasteiger partial charge < -0.3 is 14.2 Å². The van der Waals surface area contributed by atoms with Gasteiger partial charge in [0.2, 0.25) is 5.91 Å². The summed E-state index contributed by atoms with van der Waals surface area (Å²) < 4.78 is 6.83. The Kier molecular flexibility index (Phi) is 4.82. The van der Waals surface area contributed by atoms with E-state index in [0.29, 0.717) is 13.1 Å². The summed E-state index contributed by atoms with van der Waals surface area (Å²) in [6, 6.07) is 3.04. The average Bonchev–Trinajstić information content (AvgIpc) is 2.84. The predicted octanol–water partition coefficient (Wildman–Crippen LogP) is 0.878. The molecule has 2 heterocycles. The highest BCUT2D eigenvalue weighted by atomic mass is 79.9. The van der Waals surface area contributed by atoms with Crippen LogP contribution in [0.25, 0.3) is 0 Å². The minimum absolute atomic E-state index is 0.0289. The van der Waals surface area contributed by atoms with Crippen LogP contribution in [0.1, 0.15) is 6.92 Å². The molecule has 0 bridgehead atoms. The Hall–Kier alpha value is -1.63. The van der Waals surface area contributed by atoms with Gasteiger partial charge in [0.25, 0.3) is 5.56 Å². The molecule has 1 fully saturated rings. The van der Waals surface area contributed by atoms with Gasteiger partial charge in [0.05, 0.1) is 13.0 Å². The van der Waals surface area contributed by atoms with Gasteiger partial charge in [-0.15, -0.1) is 0 Å². The fraction of sp³-hybridized carbons (Fsp3) is 0.500. The second-order valence-corrected chi connectivity index (χ2v) is 6.13. The lowest BCUT2D eigenvalue weighted by atomic mass is 9.99. The van der Waals surface area contributed by atoms with Crippen LogP contribution in [-0.4, -0.2) is 41.5 Å². The maximum atomic E-state index is 12.3. The van der Waals surface area contributed by atoms with E-state index in [1.54, 1.807) is 17.2 Å². The van der Waals surface area contributed by atoms with Gasteiger partial charge in [-0.1, -0.05) is 6.92 Å². The standard InChI is InChI=1S/C14H17BrN2O4/c1-9-5-16(7-11(9)14(20)21-2)13(19)8-17-6-10(15)3-4-12(17)18/h3-4,6,9,11H,5,7-8H2,1-2H3. The van der Waals surface area contributed by atoms with Gasteiger partial charge in [0, 0.05) is 29.8 Å². The lowest BCUT2D eigenvalue weighted by molar-refractivity contribution is -0.146. The van der Waals surface area contributed by atoms with E-state index in [0.717, 1.165) is 4.47 Å². The molecule has 7 heteroatoms. The first kappa shape index (κ1) is 15.8. The van der Waals surface area contributed by atoms with Crippen molar-refractivity contribution in [1.82, 2.24) is 9.47 Å². The molecule has 0 saturated carbocycles. The van der Waals surface area contributed by atoms with Crippen LogP contribution in [0.3, 0.4) is 0 Å². The number of pyridine rings is 1. The summed E-state index contributed by atoms with van der Waals surface area (Å²) >= 11 is 3.27. The summed E-state index contributed by atoms with van der Waals surface area (Å²) in [7, 11) is 1.35. The SMILES string of the molecule is COC(=O)C1CN(C(=O)Cn2cc(Br)ccc2=O)CC1C. The van der Waals surface area contributed by atoms with Crippen LogP contribution in [-0.2, 0) is 20.9 Å². The van der Waals surface area contributed by atoms with E-state index in [-0.39, 0.29) is 35.8 Å². The number of halogens is 1. The first-order valence-electron chi connectivity index (χ1n) is 6.64. The van der Waals surface area contributed by atoms with Crippen molar-refractivity contribution >= 4 is 27.8 Å². The molecular formula is C14H17BrN2O4. The zero-order valence-electron chi connectivity index (χ0n) is 11.9. The second-order valence-electron chi connectivity index (χ2n) is 5.22. The topological polar surface area (TPSA) is 68.6 Å². The Morgan fingerprint density at radius 1 is 1.38 bits per heavy atom. The highest BCUT2D eigenvalue weighted by Crippen LogP contribution is 2.24. The van der Waals surface area contributed by atoms with Crippen LogP contribution < -0.4 is 5.56 Å². The second kappa shape index (κ2) is 6.43. The van der Waals surface area contributed by atoms with Crippen LogP contribution in [0.5, 0.6) is 0 Å². The number of aromatic nitrogens is 1. The quantitative estimate of drug-likeness (QED) is 0.754. The molecule has 1 aliphatic rings. The van der Waals surface area contributed by atoms with Gasteiger partial charge in [-0.3, -0.25) is 14.4 Å². The van der Waals surface area contributed by atoms with Crippen molar-refractivity contribution < 1.29 is 14.3 Å². The third-order valence-electron chi connectivity index (χ3n) is 3.72. The van der Waals surface area contributed by atoms with Crippen molar-refractivity contribution in [2.75, 3.05) is 20.2 Å². The molecule has 114 valence electrons. The van der Waals surface area contributed by atoms with Gasteiger partial charge in [0.1, 0.15) is 6.54 Å². The van der Waals surface area contributed by atoms with Gasteiger partial charge in [0.15, 0.2) is 0 Å². The smallest absolute Gasteiger partial charge is 0.310 e. The molecule has 1 amide bonds. The minimum atomic E-state index is -0.294. The van der Waals surface area contributed by atoms with Crippen molar-refractivity contribution in [2.24, 2.45) is 11.8 Å². The van der Waals surface area contributed by atoms with Crippen LogP contribution >= 0.6 is 15.9 Å². The third kappa shape index (κ3) is 3.53. The number of hydrogen-bond acceptors (Lipinski definition) is 4. The number of amides is 1. The molecule has 1 saturated heterocycles.